The monoisotopic (exact) mass is 470 g/mol. The number of carbonyl (C=O) groups is 1. The summed E-state index contributed by atoms with van der Waals surface area (Å²) in [5, 5.41) is 13.0. The zero-order valence-corrected chi connectivity index (χ0v) is 20.0. The molecule has 1 saturated carbocycles. The molecule has 1 amide bonds. The number of carbonyl (C=O) groups excluding carboxylic acids is 1. The Hall–Kier alpha value is -2.51. The molecule has 0 spiro atoms. The highest BCUT2D eigenvalue weighted by atomic mass is 35.5. The molecule has 3 aromatic rings. The summed E-state index contributed by atoms with van der Waals surface area (Å²) in [5.74, 6) is 1.62. The maximum Gasteiger partial charge on any atom is 0.230 e. The summed E-state index contributed by atoms with van der Waals surface area (Å²) in [4.78, 5) is 12.6. The second-order valence-corrected chi connectivity index (χ2v) is 9.49. The van der Waals surface area contributed by atoms with Gasteiger partial charge in [-0.2, -0.15) is 0 Å². The highest BCUT2D eigenvalue weighted by Crippen LogP contribution is 2.39. The fourth-order valence-corrected chi connectivity index (χ4v) is 4.46. The Kier molecular flexibility index (Phi) is 7.06. The quantitative estimate of drug-likeness (QED) is 0.422. The van der Waals surface area contributed by atoms with E-state index in [4.69, 9.17) is 16.3 Å². The van der Waals surface area contributed by atoms with Gasteiger partial charge in [-0.3, -0.25) is 9.36 Å². The number of hydrogen-bond acceptors (Lipinski definition) is 5. The number of ether oxygens (including phenoxy) is 1. The van der Waals surface area contributed by atoms with E-state index in [0.29, 0.717) is 16.8 Å². The highest BCUT2D eigenvalue weighted by Gasteiger charge is 2.30. The number of aryl methyl sites for hydroxylation is 2. The Balaban J connectivity index is 1.36. The largest absolute Gasteiger partial charge is 0.484 e. The first-order chi connectivity index (χ1) is 15.4. The number of benzene rings is 2. The van der Waals surface area contributed by atoms with Gasteiger partial charge in [-0.05, 0) is 62.4 Å². The molecule has 168 valence electrons. The van der Waals surface area contributed by atoms with Gasteiger partial charge in [0.05, 0.1) is 16.8 Å². The molecule has 1 unspecified atom stereocenters. The highest BCUT2D eigenvalue weighted by molar-refractivity contribution is 7.99. The lowest BCUT2D eigenvalue weighted by atomic mass is 10.0. The number of rotatable bonds is 9. The molecule has 1 fully saturated rings. The van der Waals surface area contributed by atoms with E-state index >= 15 is 0 Å². The van der Waals surface area contributed by atoms with Gasteiger partial charge in [0.1, 0.15) is 12.4 Å². The van der Waals surface area contributed by atoms with Crippen molar-refractivity contribution in [2.75, 3.05) is 5.75 Å². The fraction of sp³-hybridized carbons (Fsp3) is 0.375. The third kappa shape index (κ3) is 5.45. The molecule has 32 heavy (non-hydrogen) atoms. The number of para-hydroxylation sites is 1. The SMILES string of the molecule is Cc1ccc(C(C)NC(=O)CSc2nnc(COc3ccccc3Cl)n2C2CC2)cc1C. The molecule has 1 N–H and O–H groups in total. The van der Waals surface area contributed by atoms with Crippen LogP contribution in [0.5, 0.6) is 5.75 Å². The minimum Gasteiger partial charge on any atom is -0.484 e. The lowest BCUT2D eigenvalue weighted by Gasteiger charge is -2.16. The molecule has 0 radical (unpaired) electrons. The van der Waals surface area contributed by atoms with Crippen molar-refractivity contribution in [1.29, 1.82) is 0 Å². The van der Waals surface area contributed by atoms with Crippen molar-refractivity contribution in [1.82, 2.24) is 20.1 Å². The molecule has 0 bridgehead atoms. The van der Waals surface area contributed by atoms with Crippen LogP contribution in [0.3, 0.4) is 0 Å². The van der Waals surface area contributed by atoms with E-state index in [2.05, 4.69) is 52.1 Å². The molecule has 1 aliphatic carbocycles. The summed E-state index contributed by atoms with van der Waals surface area (Å²) in [7, 11) is 0. The van der Waals surface area contributed by atoms with E-state index in [-0.39, 0.29) is 24.3 Å². The van der Waals surface area contributed by atoms with Gasteiger partial charge < -0.3 is 10.1 Å². The van der Waals surface area contributed by atoms with Gasteiger partial charge in [0, 0.05) is 6.04 Å². The Morgan fingerprint density at radius 2 is 2.00 bits per heavy atom. The number of aromatic nitrogens is 3. The normalized spacial score (nSPS) is 14.2. The maximum absolute atomic E-state index is 12.6. The van der Waals surface area contributed by atoms with Crippen molar-refractivity contribution in [3.63, 3.8) is 0 Å². The van der Waals surface area contributed by atoms with Gasteiger partial charge in [-0.1, -0.05) is 53.7 Å². The van der Waals surface area contributed by atoms with Crippen molar-refractivity contribution in [3.8, 4) is 5.75 Å². The van der Waals surface area contributed by atoms with Crippen LogP contribution >= 0.6 is 23.4 Å². The van der Waals surface area contributed by atoms with Crippen LogP contribution in [-0.2, 0) is 11.4 Å². The van der Waals surface area contributed by atoms with Crippen molar-refractivity contribution in [2.45, 2.75) is 57.5 Å². The summed E-state index contributed by atoms with van der Waals surface area (Å²) >= 11 is 7.59. The average Bonchev–Trinajstić information content (AvgIpc) is 3.53. The van der Waals surface area contributed by atoms with E-state index in [1.54, 1.807) is 6.07 Å². The lowest BCUT2D eigenvalue weighted by Crippen LogP contribution is -2.28. The van der Waals surface area contributed by atoms with E-state index < -0.39 is 0 Å². The van der Waals surface area contributed by atoms with Gasteiger partial charge in [-0.25, -0.2) is 0 Å². The first-order valence-electron chi connectivity index (χ1n) is 10.7. The Morgan fingerprint density at radius 1 is 1.22 bits per heavy atom. The molecule has 0 saturated heterocycles. The molecule has 8 heteroatoms. The van der Waals surface area contributed by atoms with Crippen molar-refractivity contribution < 1.29 is 9.53 Å². The molecule has 0 aliphatic heterocycles. The molecule has 1 aliphatic rings. The van der Waals surface area contributed by atoms with Crippen LogP contribution < -0.4 is 10.1 Å². The van der Waals surface area contributed by atoms with E-state index in [1.807, 2.05) is 25.1 Å². The van der Waals surface area contributed by atoms with Crippen molar-refractivity contribution in [2.24, 2.45) is 0 Å². The number of nitrogens with one attached hydrogen (secondary N) is 1. The Morgan fingerprint density at radius 3 is 2.72 bits per heavy atom. The van der Waals surface area contributed by atoms with E-state index in [0.717, 1.165) is 29.4 Å². The Labute approximate surface area is 197 Å². The van der Waals surface area contributed by atoms with Gasteiger partial charge in [0.15, 0.2) is 11.0 Å². The molecule has 6 nitrogen and oxygen atoms in total. The number of nitrogens with zero attached hydrogens (tertiary/aromatic N) is 3. The second kappa shape index (κ2) is 9.96. The number of halogens is 1. The van der Waals surface area contributed by atoms with Crippen LogP contribution in [0.1, 0.15) is 54.4 Å². The van der Waals surface area contributed by atoms with Gasteiger partial charge in [0.2, 0.25) is 5.91 Å². The second-order valence-electron chi connectivity index (χ2n) is 8.14. The average molecular weight is 471 g/mol. The molecule has 1 aromatic heterocycles. The van der Waals surface area contributed by atoms with Crippen LogP contribution in [0.15, 0.2) is 47.6 Å². The maximum atomic E-state index is 12.6. The molecule has 4 rings (SSSR count). The van der Waals surface area contributed by atoms with Crippen LogP contribution in [0.2, 0.25) is 5.02 Å². The number of hydrogen-bond donors (Lipinski definition) is 1. The van der Waals surface area contributed by atoms with Crippen molar-refractivity contribution >= 4 is 29.3 Å². The standard InChI is InChI=1S/C24H27ClN4O2S/c1-15-8-9-18(12-16(15)2)17(3)26-23(30)14-32-24-28-27-22(29(24)19-10-11-19)13-31-21-7-5-4-6-20(21)25/h4-9,12,17,19H,10-11,13-14H2,1-3H3,(H,26,30). The fourth-order valence-electron chi connectivity index (χ4n) is 3.44. The molecule has 2 aromatic carbocycles. The van der Waals surface area contributed by atoms with E-state index in [1.165, 1.54) is 22.9 Å². The summed E-state index contributed by atoms with van der Waals surface area (Å²) in [6.07, 6.45) is 2.17. The Bertz CT molecular complexity index is 1110. The minimum atomic E-state index is -0.0525. The summed E-state index contributed by atoms with van der Waals surface area (Å²) in [6, 6.07) is 14.0. The predicted molar refractivity (Wildman–Crippen MR) is 127 cm³/mol. The van der Waals surface area contributed by atoms with Crippen LogP contribution in [0, 0.1) is 13.8 Å². The molecular formula is C24H27ClN4O2S. The zero-order chi connectivity index (χ0) is 22.7. The summed E-state index contributed by atoms with van der Waals surface area (Å²) in [5.41, 5.74) is 3.57. The van der Waals surface area contributed by atoms with Gasteiger partial charge >= 0.3 is 0 Å². The summed E-state index contributed by atoms with van der Waals surface area (Å²) in [6.45, 7) is 6.46. The summed E-state index contributed by atoms with van der Waals surface area (Å²) < 4.78 is 7.95. The topological polar surface area (TPSA) is 69.0 Å². The number of amides is 1. The first kappa shape index (κ1) is 22.7. The third-order valence-corrected chi connectivity index (χ3v) is 6.84. The van der Waals surface area contributed by atoms with Gasteiger partial charge in [-0.15, -0.1) is 10.2 Å². The zero-order valence-electron chi connectivity index (χ0n) is 18.5. The van der Waals surface area contributed by atoms with Gasteiger partial charge in [0.25, 0.3) is 0 Å². The molecule has 1 atom stereocenters. The van der Waals surface area contributed by atoms with Crippen molar-refractivity contribution in [3.05, 3.63) is 70.0 Å². The third-order valence-electron chi connectivity index (χ3n) is 5.58. The molecule has 1 heterocycles. The van der Waals surface area contributed by atoms with Crippen LogP contribution in [-0.4, -0.2) is 26.4 Å². The lowest BCUT2D eigenvalue weighted by molar-refractivity contribution is -0.119. The van der Waals surface area contributed by atoms with Crippen LogP contribution in [0.25, 0.3) is 0 Å². The number of thioether (sulfide) groups is 1. The minimum absolute atomic E-state index is 0.0278. The first-order valence-corrected chi connectivity index (χ1v) is 12.1. The molecular weight excluding hydrogens is 444 g/mol. The smallest absolute Gasteiger partial charge is 0.230 e. The van der Waals surface area contributed by atoms with Crippen LogP contribution in [0.4, 0.5) is 0 Å². The van der Waals surface area contributed by atoms with E-state index in [9.17, 15) is 4.79 Å². The predicted octanol–water partition coefficient (Wildman–Crippen LogP) is 5.43.